The van der Waals surface area contributed by atoms with Crippen LogP contribution in [-0.2, 0) is 19.6 Å². The second kappa shape index (κ2) is 6.61. The van der Waals surface area contributed by atoms with E-state index < -0.39 is 28.1 Å². The average Bonchev–Trinajstić information content (AvgIpc) is 3.16. The summed E-state index contributed by atoms with van der Waals surface area (Å²) in [4.78, 5) is 27.6. The lowest BCUT2D eigenvalue weighted by atomic mass is 10.2. The highest BCUT2D eigenvalue weighted by atomic mass is 32.2. The van der Waals surface area contributed by atoms with E-state index >= 15 is 0 Å². The molecule has 1 amide bonds. The number of carboxylic acids is 1. The molecule has 1 N–H and O–H groups in total. The van der Waals surface area contributed by atoms with Gasteiger partial charge in [0.1, 0.15) is 6.04 Å². The van der Waals surface area contributed by atoms with Gasteiger partial charge >= 0.3 is 5.97 Å². The van der Waals surface area contributed by atoms with Crippen LogP contribution in [0.4, 0.5) is 0 Å². The van der Waals surface area contributed by atoms with Crippen molar-refractivity contribution in [3.05, 3.63) is 0 Å². The van der Waals surface area contributed by atoms with Gasteiger partial charge in [0.25, 0.3) is 0 Å². The van der Waals surface area contributed by atoms with Crippen LogP contribution in [0, 0.1) is 0 Å². The first-order valence-corrected chi connectivity index (χ1v) is 10.2. The Hall–Kier alpha value is -1.19. The van der Waals surface area contributed by atoms with Crippen LogP contribution in [0.3, 0.4) is 0 Å². The molecule has 0 aromatic rings. The van der Waals surface area contributed by atoms with Gasteiger partial charge < -0.3 is 10.0 Å². The lowest BCUT2D eigenvalue weighted by Gasteiger charge is -2.30. The first-order chi connectivity index (χ1) is 11.3. The first kappa shape index (κ1) is 17.6. The quantitative estimate of drug-likeness (QED) is 0.690. The molecular weight excluding hydrogens is 334 g/mol. The third-order valence-corrected chi connectivity index (χ3v) is 7.19. The summed E-state index contributed by atoms with van der Waals surface area (Å²) in [6.07, 6.45) is 3.58. The van der Waals surface area contributed by atoms with Crippen molar-refractivity contribution in [2.45, 2.75) is 50.2 Å². The van der Waals surface area contributed by atoms with Gasteiger partial charge in [-0.1, -0.05) is 0 Å². The van der Waals surface area contributed by atoms with Crippen LogP contribution in [0.25, 0.3) is 0 Å². The van der Waals surface area contributed by atoms with E-state index in [1.165, 1.54) is 4.31 Å². The summed E-state index contributed by atoms with van der Waals surface area (Å²) in [5, 5.41) is 9.36. The van der Waals surface area contributed by atoms with Gasteiger partial charge in [0.2, 0.25) is 15.9 Å². The molecule has 3 rings (SSSR count). The van der Waals surface area contributed by atoms with Crippen molar-refractivity contribution in [3.63, 3.8) is 0 Å². The zero-order valence-corrected chi connectivity index (χ0v) is 14.7. The number of aliphatic carboxylic acids is 1. The van der Waals surface area contributed by atoms with Crippen molar-refractivity contribution in [2.75, 3.05) is 32.4 Å². The van der Waals surface area contributed by atoms with Crippen LogP contribution in [0.15, 0.2) is 0 Å². The molecule has 0 spiro atoms. The highest BCUT2D eigenvalue weighted by Crippen LogP contribution is 2.37. The number of likely N-dealkylation sites (N-methyl/N-ethyl adjacent to an activating group) is 1. The summed E-state index contributed by atoms with van der Waals surface area (Å²) in [5.74, 6) is -0.770. The molecule has 3 aliphatic rings. The van der Waals surface area contributed by atoms with Crippen molar-refractivity contribution in [1.29, 1.82) is 0 Å². The molecule has 2 unspecified atom stereocenters. The average molecular weight is 359 g/mol. The lowest BCUT2D eigenvalue weighted by Crippen LogP contribution is -2.50. The summed E-state index contributed by atoms with van der Waals surface area (Å²) in [5.41, 5.74) is 0. The Bertz CT molecular complexity index is 619. The van der Waals surface area contributed by atoms with E-state index in [9.17, 15) is 23.1 Å². The van der Waals surface area contributed by atoms with Gasteiger partial charge in [-0.3, -0.25) is 14.5 Å². The van der Waals surface area contributed by atoms with Gasteiger partial charge in [0, 0.05) is 32.7 Å². The third kappa shape index (κ3) is 3.43. The monoisotopic (exact) mass is 359 g/mol. The Labute approximate surface area is 142 Å². The normalized spacial score (nSPS) is 30.5. The van der Waals surface area contributed by atoms with Gasteiger partial charge in [-0.05, 0) is 32.1 Å². The maximum atomic E-state index is 12.7. The maximum absolute atomic E-state index is 12.7. The zero-order chi connectivity index (χ0) is 17.5. The summed E-state index contributed by atoms with van der Waals surface area (Å²) in [6, 6.07) is -0.757. The molecule has 1 aliphatic carbocycles. The van der Waals surface area contributed by atoms with Crippen molar-refractivity contribution >= 4 is 21.9 Å². The molecular formula is C15H25N3O5S. The number of likely N-dealkylation sites (tertiary alicyclic amines) is 1. The predicted octanol–water partition coefficient (Wildman–Crippen LogP) is -0.440. The molecule has 8 nitrogen and oxygen atoms in total. The van der Waals surface area contributed by atoms with Crippen LogP contribution in [0.5, 0.6) is 0 Å². The molecule has 24 heavy (non-hydrogen) atoms. The second-order valence-electron chi connectivity index (χ2n) is 6.95. The summed E-state index contributed by atoms with van der Waals surface area (Å²) in [7, 11) is -1.48. The number of hydrogen-bond donors (Lipinski definition) is 1. The number of carboxylic acid groups (broad SMARTS) is 1. The Kier molecular flexibility index (Phi) is 4.85. The molecule has 0 aromatic carbocycles. The lowest BCUT2D eigenvalue weighted by molar-refractivity contribution is -0.144. The number of rotatable bonds is 6. The van der Waals surface area contributed by atoms with Gasteiger partial charge in [-0.25, -0.2) is 12.7 Å². The summed E-state index contributed by atoms with van der Waals surface area (Å²) < 4.78 is 25.1. The molecule has 1 saturated carbocycles. The molecule has 2 heterocycles. The molecule has 9 heteroatoms. The number of amides is 1. The molecule has 0 bridgehead atoms. The summed E-state index contributed by atoms with van der Waals surface area (Å²) in [6.45, 7) is 1.16. The van der Waals surface area contributed by atoms with E-state index in [-0.39, 0.29) is 17.7 Å². The fraction of sp³-hybridized carbons (Fsp3) is 0.867. The first-order valence-electron chi connectivity index (χ1n) is 8.54. The highest BCUT2D eigenvalue weighted by Gasteiger charge is 2.48. The minimum absolute atomic E-state index is 0.0951. The van der Waals surface area contributed by atoms with E-state index in [2.05, 4.69) is 0 Å². The van der Waals surface area contributed by atoms with E-state index in [4.69, 9.17) is 0 Å². The maximum Gasteiger partial charge on any atom is 0.320 e. The SMILES string of the molecule is CN(CCN1CCCS1(=O)=O)C(=O)C1CCC(C(=O)O)N1C1CC1. The Morgan fingerprint density at radius 2 is 1.83 bits per heavy atom. The van der Waals surface area contributed by atoms with E-state index in [0.717, 1.165) is 12.8 Å². The molecule has 0 radical (unpaired) electrons. The van der Waals surface area contributed by atoms with Crippen molar-refractivity contribution in [1.82, 2.24) is 14.1 Å². The number of nitrogens with zero attached hydrogens (tertiary/aromatic N) is 3. The van der Waals surface area contributed by atoms with Crippen molar-refractivity contribution < 1.29 is 23.1 Å². The number of hydrogen-bond acceptors (Lipinski definition) is 5. The molecule has 0 aromatic heterocycles. The Balaban J connectivity index is 1.60. The minimum Gasteiger partial charge on any atom is -0.480 e. The number of carbonyl (C=O) groups excluding carboxylic acids is 1. The Morgan fingerprint density at radius 1 is 1.17 bits per heavy atom. The third-order valence-electron chi connectivity index (χ3n) is 5.24. The van der Waals surface area contributed by atoms with Crippen LogP contribution in [0.1, 0.15) is 32.1 Å². The standard InChI is InChI=1S/C15H25N3O5S/c1-16(8-9-17-7-2-10-24(17,22)23)14(19)12-5-6-13(15(20)21)18(12)11-3-4-11/h11-13H,2-10H2,1H3,(H,20,21). The van der Waals surface area contributed by atoms with Gasteiger partial charge in [-0.2, -0.15) is 0 Å². The summed E-state index contributed by atoms with van der Waals surface area (Å²) >= 11 is 0. The molecule has 3 fully saturated rings. The molecule has 2 aliphatic heterocycles. The second-order valence-corrected chi connectivity index (χ2v) is 9.04. The van der Waals surface area contributed by atoms with E-state index in [1.807, 2.05) is 4.90 Å². The molecule has 2 atom stereocenters. The fourth-order valence-corrected chi connectivity index (χ4v) is 5.30. The van der Waals surface area contributed by atoms with Crippen LogP contribution in [-0.4, -0.2) is 90.1 Å². The number of carbonyl (C=O) groups is 2. The van der Waals surface area contributed by atoms with Crippen LogP contribution >= 0.6 is 0 Å². The smallest absolute Gasteiger partial charge is 0.320 e. The van der Waals surface area contributed by atoms with E-state index in [0.29, 0.717) is 38.9 Å². The van der Waals surface area contributed by atoms with Crippen molar-refractivity contribution in [2.24, 2.45) is 0 Å². The molecule has 136 valence electrons. The topological polar surface area (TPSA) is 98.2 Å². The van der Waals surface area contributed by atoms with Crippen LogP contribution in [0.2, 0.25) is 0 Å². The van der Waals surface area contributed by atoms with Crippen LogP contribution < -0.4 is 0 Å². The minimum atomic E-state index is -3.15. The zero-order valence-electron chi connectivity index (χ0n) is 13.9. The molecule has 2 saturated heterocycles. The van der Waals surface area contributed by atoms with E-state index in [1.54, 1.807) is 11.9 Å². The van der Waals surface area contributed by atoms with Gasteiger partial charge in [-0.15, -0.1) is 0 Å². The number of sulfonamides is 1. The van der Waals surface area contributed by atoms with Gasteiger partial charge in [0.15, 0.2) is 0 Å². The largest absolute Gasteiger partial charge is 0.480 e. The fourth-order valence-electron chi connectivity index (χ4n) is 3.78. The van der Waals surface area contributed by atoms with Crippen molar-refractivity contribution in [3.8, 4) is 0 Å². The van der Waals surface area contributed by atoms with Gasteiger partial charge in [0.05, 0.1) is 11.8 Å². The Morgan fingerprint density at radius 3 is 2.38 bits per heavy atom. The highest BCUT2D eigenvalue weighted by molar-refractivity contribution is 7.89. The predicted molar refractivity (Wildman–Crippen MR) is 86.9 cm³/mol.